The highest BCUT2D eigenvalue weighted by Gasteiger charge is 1.90. The molecule has 0 heterocycles. The van der Waals surface area contributed by atoms with Crippen LogP contribution in [0, 0.1) is 0 Å². The molecule has 1 rings (SSSR count). The minimum absolute atomic E-state index is 0.785. The van der Waals surface area contributed by atoms with Gasteiger partial charge in [0.15, 0.2) is 0 Å². The van der Waals surface area contributed by atoms with E-state index in [1.165, 1.54) is 4.90 Å². The van der Waals surface area contributed by atoms with E-state index >= 15 is 0 Å². The molecule has 0 aliphatic heterocycles. The Morgan fingerprint density at radius 1 is 1.27 bits per heavy atom. The molecule has 0 fully saturated rings. The Balaban J connectivity index is 2.52. The number of thioether (sulfide) groups is 1. The number of rotatable bonds is 3. The zero-order chi connectivity index (χ0) is 8.10. The van der Waals surface area contributed by atoms with E-state index in [1.54, 1.807) is 11.8 Å². The van der Waals surface area contributed by atoms with Crippen LogP contribution in [0.25, 0.3) is 0 Å². The largest absolute Gasteiger partial charge is 0.792 e. The summed E-state index contributed by atoms with van der Waals surface area (Å²) in [6.07, 6.45) is 0. The molecule has 11 heavy (non-hydrogen) atoms. The van der Waals surface area contributed by atoms with E-state index in [0.717, 1.165) is 16.5 Å². The lowest BCUT2D eigenvalue weighted by Gasteiger charge is -2.02. The van der Waals surface area contributed by atoms with Crippen LogP contribution < -0.4 is 0 Å². The monoisotopic (exact) mass is 203 g/mol. The van der Waals surface area contributed by atoms with Crippen molar-refractivity contribution in [2.75, 3.05) is 11.5 Å². The lowest BCUT2D eigenvalue weighted by molar-refractivity contribution is 1.44. The molecule has 0 saturated carbocycles. The van der Waals surface area contributed by atoms with Gasteiger partial charge in [0.1, 0.15) is 0 Å². The highest BCUT2D eigenvalue weighted by molar-refractivity contribution is 7.99. The highest BCUT2D eigenvalue weighted by atomic mass is 35.5. The van der Waals surface area contributed by atoms with Gasteiger partial charge in [-0.25, -0.2) is 0 Å². The van der Waals surface area contributed by atoms with Crippen LogP contribution in [0.5, 0.6) is 0 Å². The van der Waals surface area contributed by atoms with Crippen molar-refractivity contribution < 1.29 is 0 Å². The second-order valence-electron chi connectivity index (χ2n) is 2.01. The average Bonchev–Trinajstić information content (AvgIpc) is 2.04. The smallest absolute Gasteiger partial charge is 0.0406 e. The first-order valence-corrected chi connectivity index (χ1v) is 5.23. The van der Waals surface area contributed by atoms with Crippen LogP contribution in [0.1, 0.15) is 0 Å². The van der Waals surface area contributed by atoms with Crippen LogP contribution in [-0.2, 0) is 12.6 Å². The van der Waals surface area contributed by atoms with Crippen LogP contribution in [0.4, 0.5) is 0 Å². The zero-order valence-electron chi connectivity index (χ0n) is 5.92. The van der Waals surface area contributed by atoms with E-state index in [9.17, 15) is 0 Å². The van der Waals surface area contributed by atoms with Crippen LogP contribution in [0.2, 0.25) is 5.02 Å². The Labute approximate surface area is 81.7 Å². The summed E-state index contributed by atoms with van der Waals surface area (Å²) >= 11 is 12.3. The summed E-state index contributed by atoms with van der Waals surface area (Å²) in [7, 11) is 0. The fourth-order valence-corrected chi connectivity index (χ4v) is 1.71. The summed E-state index contributed by atoms with van der Waals surface area (Å²) in [5, 5.41) is 0.785. The fourth-order valence-electron chi connectivity index (χ4n) is 0.690. The Morgan fingerprint density at radius 2 is 1.91 bits per heavy atom. The molecule has 0 aromatic heterocycles. The van der Waals surface area contributed by atoms with E-state index in [2.05, 4.69) is 0 Å². The molecule has 0 aliphatic rings. The SMILES string of the molecule is [S-]CCSc1ccc(Cl)cc1. The number of hydrogen-bond acceptors (Lipinski definition) is 2. The molecular formula is C8H8ClS2-. The number of hydrogen-bond donors (Lipinski definition) is 0. The Kier molecular flexibility index (Phi) is 4.20. The molecule has 0 amide bonds. The second-order valence-corrected chi connectivity index (χ2v) is 4.02. The third kappa shape index (κ3) is 3.41. The Bertz CT molecular complexity index is 208. The van der Waals surface area contributed by atoms with Crippen molar-refractivity contribution in [3.05, 3.63) is 29.3 Å². The molecule has 0 nitrogen and oxygen atoms in total. The third-order valence-electron chi connectivity index (χ3n) is 1.17. The first-order chi connectivity index (χ1) is 5.33. The van der Waals surface area contributed by atoms with E-state index in [0.29, 0.717) is 0 Å². The predicted octanol–water partition coefficient (Wildman–Crippen LogP) is 2.98. The average molecular weight is 204 g/mol. The molecule has 0 unspecified atom stereocenters. The first kappa shape index (κ1) is 9.30. The summed E-state index contributed by atoms with van der Waals surface area (Å²) in [4.78, 5) is 1.24. The van der Waals surface area contributed by atoms with Gasteiger partial charge in [0.25, 0.3) is 0 Å². The summed E-state index contributed by atoms with van der Waals surface area (Å²) < 4.78 is 0. The van der Waals surface area contributed by atoms with Crippen molar-refractivity contribution in [1.82, 2.24) is 0 Å². The predicted molar refractivity (Wildman–Crippen MR) is 54.4 cm³/mol. The van der Waals surface area contributed by atoms with Gasteiger partial charge >= 0.3 is 0 Å². The molecule has 0 N–H and O–H groups in total. The third-order valence-corrected chi connectivity index (χ3v) is 2.89. The van der Waals surface area contributed by atoms with Gasteiger partial charge in [-0.1, -0.05) is 11.6 Å². The topological polar surface area (TPSA) is 0 Å². The van der Waals surface area contributed by atoms with Crippen molar-refractivity contribution in [3.63, 3.8) is 0 Å². The van der Waals surface area contributed by atoms with Crippen molar-refractivity contribution in [2.45, 2.75) is 4.90 Å². The molecule has 1 aromatic rings. The molecular weight excluding hydrogens is 196 g/mol. The van der Waals surface area contributed by atoms with Crippen LogP contribution in [-0.4, -0.2) is 11.5 Å². The quantitative estimate of drug-likeness (QED) is 0.547. The van der Waals surface area contributed by atoms with Gasteiger partial charge < -0.3 is 12.6 Å². The number of benzene rings is 1. The molecule has 3 heteroatoms. The van der Waals surface area contributed by atoms with Crippen molar-refractivity contribution in [3.8, 4) is 0 Å². The van der Waals surface area contributed by atoms with Gasteiger partial charge in [-0.15, -0.1) is 11.8 Å². The minimum atomic E-state index is 0.785. The van der Waals surface area contributed by atoms with Crippen molar-refractivity contribution in [2.24, 2.45) is 0 Å². The van der Waals surface area contributed by atoms with Gasteiger partial charge in [-0.05, 0) is 30.0 Å². The maximum atomic E-state index is 5.72. The molecule has 0 saturated heterocycles. The summed E-state index contributed by atoms with van der Waals surface area (Å²) in [5.41, 5.74) is 0. The maximum absolute atomic E-state index is 5.72. The van der Waals surface area contributed by atoms with Crippen molar-refractivity contribution >= 4 is 36.0 Å². The lowest BCUT2D eigenvalue weighted by Crippen LogP contribution is -1.81. The van der Waals surface area contributed by atoms with Crippen LogP contribution in [0.15, 0.2) is 29.2 Å². The molecule has 1 aromatic carbocycles. The van der Waals surface area contributed by atoms with Gasteiger partial charge in [-0.2, -0.15) is 5.75 Å². The molecule has 60 valence electrons. The van der Waals surface area contributed by atoms with E-state index < -0.39 is 0 Å². The van der Waals surface area contributed by atoms with Crippen LogP contribution >= 0.6 is 23.4 Å². The molecule has 0 aliphatic carbocycles. The zero-order valence-corrected chi connectivity index (χ0v) is 8.31. The Morgan fingerprint density at radius 3 is 2.45 bits per heavy atom. The lowest BCUT2D eigenvalue weighted by atomic mass is 10.4. The molecule has 0 atom stereocenters. The van der Waals surface area contributed by atoms with E-state index in [-0.39, 0.29) is 0 Å². The molecule has 0 radical (unpaired) electrons. The standard InChI is InChI=1S/C8H9ClS2/c9-7-1-3-8(4-2-7)11-6-5-10/h1-4,10H,5-6H2/p-1. The fraction of sp³-hybridized carbons (Fsp3) is 0.250. The van der Waals surface area contributed by atoms with E-state index in [4.69, 9.17) is 24.2 Å². The maximum Gasteiger partial charge on any atom is 0.0406 e. The minimum Gasteiger partial charge on any atom is -0.792 e. The van der Waals surface area contributed by atoms with Gasteiger partial charge in [0.05, 0.1) is 0 Å². The van der Waals surface area contributed by atoms with Crippen LogP contribution in [0.3, 0.4) is 0 Å². The second kappa shape index (κ2) is 4.96. The molecule has 0 bridgehead atoms. The van der Waals surface area contributed by atoms with Crippen molar-refractivity contribution in [1.29, 1.82) is 0 Å². The summed E-state index contributed by atoms with van der Waals surface area (Å²) in [6, 6.07) is 7.82. The van der Waals surface area contributed by atoms with Gasteiger partial charge in [0.2, 0.25) is 0 Å². The summed E-state index contributed by atoms with van der Waals surface area (Å²) in [6.45, 7) is 0. The first-order valence-electron chi connectivity index (χ1n) is 3.29. The van der Waals surface area contributed by atoms with E-state index in [1.807, 2.05) is 24.3 Å². The number of halogens is 1. The molecule has 0 spiro atoms. The van der Waals surface area contributed by atoms with Gasteiger partial charge in [0, 0.05) is 9.92 Å². The van der Waals surface area contributed by atoms with Gasteiger partial charge in [-0.3, -0.25) is 0 Å². The highest BCUT2D eigenvalue weighted by Crippen LogP contribution is 2.19. The summed E-state index contributed by atoms with van der Waals surface area (Å²) in [5.74, 6) is 1.80. The normalized spacial score (nSPS) is 10.0. The Hall–Kier alpha value is 0.210.